The van der Waals surface area contributed by atoms with Crippen molar-refractivity contribution in [2.24, 2.45) is 0 Å². The molecule has 0 spiro atoms. The van der Waals surface area contributed by atoms with E-state index in [9.17, 15) is 9.90 Å². The monoisotopic (exact) mass is 335 g/mol. The molecule has 5 nitrogen and oxygen atoms in total. The number of likely N-dealkylation sites (tertiary alicyclic amines) is 1. The van der Waals surface area contributed by atoms with Gasteiger partial charge in [0.1, 0.15) is 5.65 Å². The van der Waals surface area contributed by atoms with Gasteiger partial charge in [-0.3, -0.25) is 14.1 Å². The Bertz CT molecular complexity index is 746. The molecule has 0 bridgehead atoms. The quantitative estimate of drug-likeness (QED) is 0.932. The molecule has 3 rings (SSSR count). The molecule has 2 aromatic rings. The van der Waals surface area contributed by atoms with Crippen LogP contribution in [-0.4, -0.2) is 38.1 Å². The van der Waals surface area contributed by atoms with E-state index in [2.05, 4.69) is 9.88 Å². The Morgan fingerprint density at radius 1 is 1.43 bits per heavy atom. The minimum atomic E-state index is -0.323. The Morgan fingerprint density at radius 3 is 3.04 bits per heavy atom. The summed E-state index contributed by atoms with van der Waals surface area (Å²) >= 11 is 5.93. The summed E-state index contributed by atoms with van der Waals surface area (Å²) in [5, 5.41) is 10.8. The fraction of sp³-hybridized carbons (Fsp3) is 0.529. The first-order chi connectivity index (χ1) is 11.1. The van der Waals surface area contributed by atoms with E-state index in [4.69, 9.17) is 11.6 Å². The van der Waals surface area contributed by atoms with Crippen LogP contribution in [0, 0.1) is 0 Å². The third kappa shape index (κ3) is 3.57. The molecule has 2 atom stereocenters. The van der Waals surface area contributed by atoms with Crippen LogP contribution in [0.4, 0.5) is 0 Å². The molecule has 1 saturated heterocycles. The van der Waals surface area contributed by atoms with Gasteiger partial charge in [-0.25, -0.2) is 4.98 Å². The van der Waals surface area contributed by atoms with Gasteiger partial charge in [-0.2, -0.15) is 0 Å². The molecule has 23 heavy (non-hydrogen) atoms. The lowest BCUT2D eigenvalue weighted by Crippen LogP contribution is -2.46. The summed E-state index contributed by atoms with van der Waals surface area (Å²) in [5.41, 5.74) is 1.21. The van der Waals surface area contributed by atoms with Gasteiger partial charge in [0.05, 0.1) is 16.8 Å². The van der Waals surface area contributed by atoms with Gasteiger partial charge in [0.15, 0.2) is 0 Å². The average molecular weight is 336 g/mol. The molecular weight excluding hydrogens is 314 g/mol. The zero-order valence-corrected chi connectivity index (χ0v) is 14.0. The lowest BCUT2D eigenvalue weighted by atomic mass is 9.96. The number of hydrogen-bond acceptors (Lipinski definition) is 4. The Morgan fingerprint density at radius 2 is 2.26 bits per heavy atom. The molecule has 1 aliphatic rings. The molecule has 0 aromatic carbocycles. The highest BCUT2D eigenvalue weighted by Gasteiger charge is 2.28. The van der Waals surface area contributed by atoms with Crippen molar-refractivity contribution >= 4 is 17.2 Å². The molecular formula is C17H22ClN3O2. The van der Waals surface area contributed by atoms with Crippen molar-refractivity contribution in [1.82, 2.24) is 14.3 Å². The summed E-state index contributed by atoms with van der Waals surface area (Å²) in [6.07, 6.45) is 5.26. The summed E-state index contributed by atoms with van der Waals surface area (Å²) in [7, 11) is 0. The number of hydrogen-bond donors (Lipinski definition) is 1. The molecule has 0 saturated carbocycles. The molecule has 1 N–H and O–H groups in total. The van der Waals surface area contributed by atoms with E-state index in [1.165, 1.54) is 4.40 Å². The first-order valence-corrected chi connectivity index (χ1v) is 8.56. The number of halogens is 1. The van der Waals surface area contributed by atoms with E-state index in [1.54, 1.807) is 24.4 Å². The number of aromatic nitrogens is 2. The van der Waals surface area contributed by atoms with Crippen molar-refractivity contribution in [2.75, 3.05) is 6.54 Å². The molecule has 0 amide bonds. The van der Waals surface area contributed by atoms with E-state index in [1.807, 2.05) is 6.92 Å². The largest absolute Gasteiger partial charge is 0.392 e. The zero-order chi connectivity index (χ0) is 16.4. The van der Waals surface area contributed by atoms with Gasteiger partial charge in [-0.1, -0.05) is 24.9 Å². The van der Waals surface area contributed by atoms with Gasteiger partial charge in [0.25, 0.3) is 5.56 Å². The van der Waals surface area contributed by atoms with Crippen LogP contribution < -0.4 is 5.56 Å². The van der Waals surface area contributed by atoms with Crippen LogP contribution in [-0.2, 0) is 6.54 Å². The van der Waals surface area contributed by atoms with Gasteiger partial charge in [-0.15, -0.1) is 0 Å². The van der Waals surface area contributed by atoms with Gasteiger partial charge in [0, 0.05) is 24.8 Å². The maximum atomic E-state index is 12.3. The van der Waals surface area contributed by atoms with Crippen LogP contribution >= 0.6 is 11.6 Å². The van der Waals surface area contributed by atoms with Crippen molar-refractivity contribution < 1.29 is 5.11 Å². The Kier molecular flexibility index (Phi) is 4.99. The van der Waals surface area contributed by atoms with Crippen molar-refractivity contribution in [2.45, 2.75) is 51.3 Å². The number of aliphatic hydroxyl groups is 1. The number of pyridine rings is 1. The van der Waals surface area contributed by atoms with Crippen LogP contribution in [0.2, 0.25) is 5.02 Å². The van der Waals surface area contributed by atoms with Gasteiger partial charge in [0.2, 0.25) is 0 Å². The van der Waals surface area contributed by atoms with Gasteiger partial charge < -0.3 is 5.11 Å². The molecule has 124 valence electrons. The number of fused-ring (bicyclic) bond motifs is 1. The minimum absolute atomic E-state index is 0.128. The Balaban J connectivity index is 1.88. The second kappa shape index (κ2) is 6.99. The van der Waals surface area contributed by atoms with Gasteiger partial charge in [-0.05, 0) is 37.9 Å². The normalized spacial score (nSPS) is 20.7. The van der Waals surface area contributed by atoms with E-state index >= 15 is 0 Å². The topological polar surface area (TPSA) is 57.8 Å². The predicted octanol–water partition coefficient (Wildman–Crippen LogP) is 2.47. The lowest BCUT2D eigenvalue weighted by Gasteiger charge is -2.38. The van der Waals surface area contributed by atoms with E-state index < -0.39 is 0 Å². The van der Waals surface area contributed by atoms with Crippen LogP contribution in [0.1, 0.15) is 38.3 Å². The second-order valence-corrected chi connectivity index (χ2v) is 6.61. The zero-order valence-electron chi connectivity index (χ0n) is 13.3. The van der Waals surface area contributed by atoms with Crippen molar-refractivity contribution in [3.05, 3.63) is 45.5 Å². The summed E-state index contributed by atoms with van der Waals surface area (Å²) in [6.45, 7) is 3.53. The van der Waals surface area contributed by atoms with Crippen LogP contribution in [0.3, 0.4) is 0 Å². The van der Waals surface area contributed by atoms with Crippen molar-refractivity contribution in [1.29, 1.82) is 0 Å². The molecule has 0 radical (unpaired) electrons. The number of aliphatic hydroxyl groups excluding tert-OH is 1. The van der Waals surface area contributed by atoms with Crippen LogP contribution in [0.5, 0.6) is 0 Å². The molecule has 1 aliphatic heterocycles. The van der Waals surface area contributed by atoms with E-state index in [0.717, 1.165) is 37.9 Å². The third-order valence-electron chi connectivity index (χ3n) is 4.57. The van der Waals surface area contributed by atoms with Crippen molar-refractivity contribution in [3.63, 3.8) is 0 Å². The van der Waals surface area contributed by atoms with Gasteiger partial charge >= 0.3 is 0 Å². The molecule has 0 aliphatic carbocycles. The fourth-order valence-corrected chi connectivity index (χ4v) is 3.50. The average Bonchev–Trinajstić information content (AvgIpc) is 2.55. The number of piperidine rings is 1. The highest BCUT2D eigenvalue weighted by molar-refractivity contribution is 6.30. The molecule has 3 heterocycles. The summed E-state index contributed by atoms with van der Waals surface area (Å²) in [5.74, 6) is 0. The molecule has 2 aromatic heterocycles. The second-order valence-electron chi connectivity index (χ2n) is 6.17. The molecule has 2 unspecified atom stereocenters. The first kappa shape index (κ1) is 16.4. The highest BCUT2D eigenvalue weighted by atomic mass is 35.5. The molecule has 6 heteroatoms. The lowest BCUT2D eigenvalue weighted by molar-refractivity contribution is 0.0189. The summed E-state index contributed by atoms with van der Waals surface area (Å²) in [4.78, 5) is 19.1. The Labute approximate surface area is 140 Å². The van der Waals surface area contributed by atoms with E-state index in [0.29, 0.717) is 17.2 Å². The standard InChI is InChI=1S/C17H22ClN3O2/c1-2-15(22)14-5-3-4-8-20(14)11-13-9-17(23)21-10-12(18)6-7-16(21)19-13/h6-7,9-10,14-15,22H,2-5,8,11H2,1H3. The van der Waals surface area contributed by atoms with Crippen LogP contribution in [0.25, 0.3) is 5.65 Å². The van der Waals surface area contributed by atoms with E-state index in [-0.39, 0.29) is 17.7 Å². The van der Waals surface area contributed by atoms with Crippen molar-refractivity contribution in [3.8, 4) is 0 Å². The SMILES string of the molecule is CCC(O)C1CCCCN1Cc1cc(=O)n2cc(Cl)ccc2n1. The number of rotatable bonds is 4. The van der Waals surface area contributed by atoms with Crippen LogP contribution in [0.15, 0.2) is 29.2 Å². The summed E-state index contributed by atoms with van der Waals surface area (Å²) in [6, 6.07) is 5.20. The maximum absolute atomic E-state index is 12.3. The molecule has 1 fully saturated rings. The Hall–Kier alpha value is -1.43. The summed E-state index contributed by atoms with van der Waals surface area (Å²) < 4.78 is 1.46. The predicted molar refractivity (Wildman–Crippen MR) is 90.8 cm³/mol. The minimum Gasteiger partial charge on any atom is -0.392 e. The third-order valence-corrected chi connectivity index (χ3v) is 4.79. The first-order valence-electron chi connectivity index (χ1n) is 8.18. The fourth-order valence-electron chi connectivity index (χ4n) is 3.34. The number of nitrogens with zero attached hydrogens (tertiary/aromatic N) is 3. The highest BCUT2D eigenvalue weighted by Crippen LogP contribution is 2.23. The smallest absolute Gasteiger partial charge is 0.258 e. The maximum Gasteiger partial charge on any atom is 0.258 e.